The number of hydrogen-bond donors (Lipinski definition) is 0. The minimum atomic E-state index is 0.0312. The van der Waals surface area contributed by atoms with E-state index in [0.29, 0.717) is 19.0 Å². The number of fused-ring (bicyclic) bond motifs is 1. The Morgan fingerprint density at radius 1 is 1.03 bits per heavy atom. The SMILES string of the molecule is C=CCN(CC=C)C(=O)Cn1c(C(C)c2ccc(CC(C)C)cc2)nc2ccccc21. The van der Waals surface area contributed by atoms with Gasteiger partial charge in [0.15, 0.2) is 0 Å². The number of aromatic nitrogens is 2. The second-order valence-electron chi connectivity index (χ2n) is 8.48. The van der Waals surface area contributed by atoms with E-state index in [1.165, 1.54) is 11.1 Å². The molecule has 31 heavy (non-hydrogen) atoms. The fourth-order valence-electron chi connectivity index (χ4n) is 3.98. The Kier molecular flexibility index (Phi) is 7.45. The lowest BCUT2D eigenvalue weighted by Crippen LogP contribution is -2.34. The van der Waals surface area contributed by atoms with E-state index in [4.69, 9.17) is 4.98 Å². The summed E-state index contributed by atoms with van der Waals surface area (Å²) in [4.78, 5) is 19.7. The molecule has 3 rings (SSSR count). The molecule has 0 bridgehead atoms. The molecule has 0 aliphatic heterocycles. The van der Waals surface area contributed by atoms with Gasteiger partial charge in [0.25, 0.3) is 0 Å². The Labute approximate surface area is 185 Å². The van der Waals surface area contributed by atoms with Crippen LogP contribution in [0.4, 0.5) is 0 Å². The summed E-state index contributed by atoms with van der Waals surface area (Å²) in [5, 5.41) is 0. The van der Waals surface area contributed by atoms with Crippen molar-refractivity contribution in [1.29, 1.82) is 0 Å². The molecule has 0 saturated heterocycles. The van der Waals surface area contributed by atoms with E-state index < -0.39 is 0 Å². The van der Waals surface area contributed by atoms with E-state index in [9.17, 15) is 4.79 Å². The molecule has 1 amide bonds. The number of nitrogens with zero attached hydrogens (tertiary/aromatic N) is 3. The Balaban J connectivity index is 1.95. The summed E-state index contributed by atoms with van der Waals surface area (Å²) >= 11 is 0. The molecule has 0 N–H and O–H groups in total. The molecule has 3 aromatic rings. The first-order chi connectivity index (χ1) is 14.9. The van der Waals surface area contributed by atoms with Crippen molar-refractivity contribution in [3.05, 3.63) is 90.8 Å². The Morgan fingerprint density at radius 3 is 2.29 bits per heavy atom. The van der Waals surface area contributed by atoms with Crippen LogP contribution in [0.1, 0.15) is 43.6 Å². The van der Waals surface area contributed by atoms with Gasteiger partial charge in [-0.2, -0.15) is 0 Å². The number of benzene rings is 2. The molecule has 4 heteroatoms. The molecule has 1 heterocycles. The quantitative estimate of drug-likeness (QED) is 0.405. The van der Waals surface area contributed by atoms with Crippen LogP contribution in [0.3, 0.4) is 0 Å². The lowest BCUT2D eigenvalue weighted by Gasteiger charge is -2.21. The first-order valence-corrected chi connectivity index (χ1v) is 11.0. The van der Waals surface area contributed by atoms with Crippen LogP contribution < -0.4 is 0 Å². The zero-order chi connectivity index (χ0) is 22.4. The van der Waals surface area contributed by atoms with Gasteiger partial charge < -0.3 is 9.47 Å². The van der Waals surface area contributed by atoms with Gasteiger partial charge in [0.05, 0.1) is 11.0 Å². The van der Waals surface area contributed by atoms with Gasteiger partial charge in [-0.15, -0.1) is 13.2 Å². The highest BCUT2D eigenvalue weighted by Crippen LogP contribution is 2.28. The standard InChI is InChI=1S/C27H33N3O/c1-6-16-29(17-7-2)26(31)19-30-25-11-9-8-10-24(25)28-27(30)21(5)23-14-12-22(13-15-23)18-20(3)4/h6-15,20-21H,1-2,16-19H2,3-5H3. The maximum Gasteiger partial charge on any atom is 0.243 e. The van der Waals surface area contributed by atoms with Crippen molar-refractivity contribution in [2.75, 3.05) is 13.1 Å². The number of para-hydroxylation sites is 2. The topological polar surface area (TPSA) is 38.1 Å². The van der Waals surface area contributed by atoms with Crippen LogP contribution in [-0.4, -0.2) is 33.4 Å². The predicted molar refractivity (Wildman–Crippen MR) is 129 cm³/mol. The van der Waals surface area contributed by atoms with Crippen molar-refractivity contribution >= 4 is 16.9 Å². The minimum absolute atomic E-state index is 0.0312. The van der Waals surface area contributed by atoms with Crippen LogP contribution in [0.2, 0.25) is 0 Å². The predicted octanol–water partition coefficient (Wildman–Crippen LogP) is 5.59. The van der Waals surface area contributed by atoms with Gasteiger partial charge in [0.2, 0.25) is 5.91 Å². The van der Waals surface area contributed by atoms with E-state index in [-0.39, 0.29) is 18.4 Å². The second kappa shape index (κ2) is 10.3. The maximum absolute atomic E-state index is 13.1. The van der Waals surface area contributed by atoms with Gasteiger partial charge in [-0.05, 0) is 35.6 Å². The van der Waals surface area contributed by atoms with Crippen molar-refractivity contribution < 1.29 is 4.79 Å². The fraction of sp³-hybridized carbons (Fsp3) is 0.333. The molecule has 162 valence electrons. The van der Waals surface area contributed by atoms with Crippen LogP contribution in [0.25, 0.3) is 11.0 Å². The molecule has 2 aromatic carbocycles. The highest BCUT2D eigenvalue weighted by molar-refractivity contribution is 5.81. The summed E-state index contributed by atoms with van der Waals surface area (Å²) in [6.45, 7) is 15.4. The Bertz CT molecular complexity index is 1040. The highest BCUT2D eigenvalue weighted by atomic mass is 16.2. The number of rotatable bonds is 10. The molecule has 0 saturated carbocycles. The molecule has 0 spiro atoms. The summed E-state index contributed by atoms with van der Waals surface area (Å²) in [5.41, 5.74) is 4.43. The van der Waals surface area contributed by atoms with Gasteiger partial charge in [0, 0.05) is 19.0 Å². The lowest BCUT2D eigenvalue weighted by atomic mass is 9.96. The van der Waals surface area contributed by atoms with E-state index in [2.05, 4.69) is 62.8 Å². The molecule has 1 atom stereocenters. The molecule has 1 unspecified atom stereocenters. The molecule has 4 nitrogen and oxygen atoms in total. The van der Waals surface area contributed by atoms with Gasteiger partial charge in [-0.25, -0.2) is 4.98 Å². The number of carbonyl (C=O) groups is 1. The molecule has 0 aliphatic rings. The Morgan fingerprint density at radius 2 is 1.68 bits per heavy atom. The third-order valence-electron chi connectivity index (χ3n) is 5.54. The molecule has 0 aliphatic carbocycles. The average Bonchev–Trinajstić information content (AvgIpc) is 3.11. The maximum atomic E-state index is 13.1. The molecule has 0 radical (unpaired) electrons. The van der Waals surface area contributed by atoms with Gasteiger partial charge in [0.1, 0.15) is 12.4 Å². The van der Waals surface area contributed by atoms with Gasteiger partial charge >= 0.3 is 0 Å². The van der Waals surface area contributed by atoms with Crippen LogP contribution in [-0.2, 0) is 17.8 Å². The summed E-state index contributed by atoms with van der Waals surface area (Å²) in [6, 6.07) is 16.8. The number of amides is 1. The van der Waals surface area contributed by atoms with E-state index >= 15 is 0 Å². The third kappa shape index (κ3) is 5.32. The van der Waals surface area contributed by atoms with Crippen LogP contribution in [0.5, 0.6) is 0 Å². The largest absolute Gasteiger partial charge is 0.334 e. The lowest BCUT2D eigenvalue weighted by molar-refractivity contribution is -0.130. The van der Waals surface area contributed by atoms with Crippen LogP contribution >= 0.6 is 0 Å². The molecule has 0 fully saturated rings. The highest BCUT2D eigenvalue weighted by Gasteiger charge is 2.21. The van der Waals surface area contributed by atoms with E-state index in [1.807, 2.05) is 24.3 Å². The first-order valence-electron chi connectivity index (χ1n) is 11.0. The van der Waals surface area contributed by atoms with Crippen LogP contribution in [0, 0.1) is 5.92 Å². The molecular formula is C27H33N3O. The number of hydrogen-bond acceptors (Lipinski definition) is 2. The third-order valence-corrected chi connectivity index (χ3v) is 5.54. The summed E-state index contributed by atoms with van der Waals surface area (Å²) < 4.78 is 2.06. The molecule has 1 aromatic heterocycles. The van der Waals surface area contributed by atoms with Crippen molar-refractivity contribution in [2.24, 2.45) is 5.92 Å². The summed E-state index contributed by atoms with van der Waals surface area (Å²) in [7, 11) is 0. The van der Waals surface area contributed by atoms with Gasteiger partial charge in [-0.3, -0.25) is 4.79 Å². The zero-order valence-electron chi connectivity index (χ0n) is 18.9. The second-order valence-corrected chi connectivity index (χ2v) is 8.48. The number of carbonyl (C=O) groups excluding carboxylic acids is 1. The minimum Gasteiger partial charge on any atom is -0.334 e. The normalized spacial score (nSPS) is 12.1. The van der Waals surface area contributed by atoms with Crippen molar-refractivity contribution in [2.45, 2.75) is 39.7 Å². The smallest absolute Gasteiger partial charge is 0.243 e. The van der Waals surface area contributed by atoms with Crippen molar-refractivity contribution in [3.63, 3.8) is 0 Å². The van der Waals surface area contributed by atoms with Crippen molar-refractivity contribution in [1.82, 2.24) is 14.5 Å². The van der Waals surface area contributed by atoms with E-state index in [1.54, 1.807) is 17.1 Å². The van der Waals surface area contributed by atoms with Gasteiger partial charge in [-0.1, -0.05) is 69.3 Å². The Hall–Kier alpha value is -3.14. The monoisotopic (exact) mass is 415 g/mol. The fourth-order valence-corrected chi connectivity index (χ4v) is 3.98. The number of imidazole rings is 1. The average molecular weight is 416 g/mol. The first kappa shape index (κ1) is 22.5. The van der Waals surface area contributed by atoms with Crippen LogP contribution in [0.15, 0.2) is 73.8 Å². The molecular weight excluding hydrogens is 382 g/mol. The summed E-state index contributed by atoms with van der Waals surface area (Å²) in [6.07, 6.45) is 4.56. The summed E-state index contributed by atoms with van der Waals surface area (Å²) in [5.74, 6) is 1.64. The van der Waals surface area contributed by atoms with Crippen molar-refractivity contribution in [3.8, 4) is 0 Å². The van der Waals surface area contributed by atoms with E-state index in [0.717, 1.165) is 23.3 Å². The zero-order valence-corrected chi connectivity index (χ0v) is 18.9.